The van der Waals surface area contributed by atoms with Crippen molar-refractivity contribution < 1.29 is 4.74 Å². The molecule has 0 bridgehead atoms. The van der Waals surface area contributed by atoms with E-state index in [4.69, 9.17) is 4.74 Å². The maximum Gasteiger partial charge on any atom is 0.230 e. The van der Waals surface area contributed by atoms with Gasteiger partial charge >= 0.3 is 0 Å². The number of hydrogen-bond acceptors (Lipinski definition) is 4. The summed E-state index contributed by atoms with van der Waals surface area (Å²) in [5, 5.41) is 3.17. The van der Waals surface area contributed by atoms with E-state index in [9.17, 15) is 0 Å². The molecule has 0 saturated carbocycles. The van der Waals surface area contributed by atoms with Crippen molar-refractivity contribution in [3.63, 3.8) is 0 Å². The standard InChI is InChI=1S/C14H16BrN3O/c1-9(2)19-13-4-5-16-14(18-13)17-12-7-10(3)6-11(15)8-12/h4-9H,1-3H3,(H,16,17,18). The van der Waals surface area contributed by atoms with Gasteiger partial charge in [-0.1, -0.05) is 15.9 Å². The molecule has 0 saturated heterocycles. The quantitative estimate of drug-likeness (QED) is 0.921. The van der Waals surface area contributed by atoms with Crippen LogP contribution in [0.1, 0.15) is 19.4 Å². The van der Waals surface area contributed by atoms with Gasteiger partial charge in [0.1, 0.15) is 0 Å². The molecule has 1 aromatic heterocycles. The molecule has 100 valence electrons. The summed E-state index contributed by atoms with van der Waals surface area (Å²) in [4.78, 5) is 8.49. The fourth-order valence-electron chi connectivity index (χ4n) is 1.65. The monoisotopic (exact) mass is 321 g/mol. The topological polar surface area (TPSA) is 47.0 Å². The Morgan fingerprint density at radius 3 is 2.74 bits per heavy atom. The number of anilines is 2. The molecule has 0 fully saturated rings. The number of halogens is 1. The van der Waals surface area contributed by atoms with E-state index in [1.165, 1.54) is 0 Å². The third-order valence-corrected chi connectivity index (χ3v) is 2.74. The summed E-state index contributed by atoms with van der Waals surface area (Å²) in [5.74, 6) is 1.09. The minimum absolute atomic E-state index is 0.0934. The second-order valence-electron chi connectivity index (χ2n) is 4.53. The van der Waals surface area contributed by atoms with Crippen LogP contribution in [0, 0.1) is 6.92 Å². The Morgan fingerprint density at radius 2 is 2.05 bits per heavy atom. The number of aromatic nitrogens is 2. The van der Waals surface area contributed by atoms with Gasteiger partial charge in [0.2, 0.25) is 11.8 Å². The molecule has 0 amide bonds. The first-order chi connectivity index (χ1) is 9.02. The van der Waals surface area contributed by atoms with Crippen LogP contribution in [0.2, 0.25) is 0 Å². The zero-order chi connectivity index (χ0) is 13.8. The molecular weight excluding hydrogens is 306 g/mol. The van der Waals surface area contributed by atoms with Crippen LogP contribution in [-0.4, -0.2) is 16.1 Å². The third-order valence-electron chi connectivity index (χ3n) is 2.28. The van der Waals surface area contributed by atoms with Crippen LogP contribution in [0.3, 0.4) is 0 Å². The van der Waals surface area contributed by atoms with Gasteiger partial charge in [0, 0.05) is 22.4 Å². The summed E-state index contributed by atoms with van der Waals surface area (Å²) in [6, 6.07) is 7.80. The molecule has 5 heteroatoms. The third kappa shape index (κ3) is 4.21. The summed E-state index contributed by atoms with van der Waals surface area (Å²) < 4.78 is 6.56. The Morgan fingerprint density at radius 1 is 1.26 bits per heavy atom. The lowest BCUT2D eigenvalue weighted by Crippen LogP contribution is -2.08. The molecule has 0 atom stereocenters. The molecule has 2 rings (SSSR count). The van der Waals surface area contributed by atoms with E-state index in [-0.39, 0.29) is 6.10 Å². The van der Waals surface area contributed by atoms with Crippen molar-refractivity contribution in [2.45, 2.75) is 26.9 Å². The average molecular weight is 322 g/mol. The van der Waals surface area contributed by atoms with E-state index in [0.717, 1.165) is 15.7 Å². The largest absolute Gasteiger partial charge is 0.475 e. The molecule has 0 aliphatic rings. The van der Waals surface area contributed by atoms with Gasteiger partial charge in [-0.3, -0.25) is 0 Å². The summed E-state index contributed by atoms with van der Waals surface area (Å²) in [5.41, 5.74) is 2.10. The van der Waals surface area contributed by atoms with Gasteiger partial charge in [0.25, 0.3) is 0 Å². The number of nitrogens with one attached hydrogen (secondary N) is 1. The predicted molar refractivity (Wildman–Crippen MR) is 80.0 cm³/mol. The van der Waals surface area contributed by atoms with E-state index < -0.39 is 0 Å². The molecule has 1 aromatic carbocycles. The van der Waals surface area contributed by atoms with Gasteiger partial charge in [0.15, 0.2) is 0 Å². The highest BCUT2D eigenvalue weighted by molar-refractivity contribution is 9.10. The number of aryl methyl sites for hydroxylation is 1. The molecule has 1 heterocycles. The second-order valence-corrected chi connectivity index (χ2v) is 5.44. The summed E-state index contributed by atoms with van der Waals surface area (Å²) >= 11 is 3.47. The fourth-order valence-corrected chi connectivity index (χ4v) is 2.25. The summed E-state index contributed by atoms with van der Waals surface area (Å²) in [6.45, 7) is 5.97. The zero-order valence-electron chi connectivity index (χ0n) is 11.1. The molecular formula is C14H16BrN3O. The summed E-state index contributed by atoms with van der Waals surface area (Å²) in [6.07, 6.45) is 1.77. The Bertz CT molecular complexity index is 552. The SMILES string of the molecule is Cc1cc(Br)cc(Nc2nccc(OC(C)C)n2)c1. The first-order valence-electron chi connectivity index (χ1n) is 6.07. The van der Waals surface area contributed by atoms with Crippen LogP contribution in [0.25, 0.3) is 0 Å². The van der Waals surface area contributed by atoms with Gasteiger partial charge in [-0.15, -0.1) is 0 Å². The van der Waals surface area contributed by atoms with Crippen molar-refractivity contribution in [3.05, 3.63) is 40.5 Å². The lowest BCUT2D eigenvalue weighted by atomic mass is 10.2. The fraction of sp³-hybridized carbons (Fsp3) is 0.286. The van der Waals surface area contributed by atoms with Crippen molar-refractivity contribution in [2.75, 3.05) is 5.32 Å². The van der Waals surface area contributed by atoms with Crippen LogP contribution in [0.4, 0.5) is 11.6 Å². The highest BCUT2D eigenvalue weighted by atomic mass is 79.9. The van der Waals surface area contributed by atoms with Crippen molar-refractivity contribution in [3.8, 4) is 5.88 Å². The van der Waals surface area contributed by atoms with Gasteiger partial charge in [0.05, 0.1) is 6.10 Å². The lowest BCUT2D eigenvalue weighted by molar-refractivity contribution is 0.232. The van der Waals surface area contributed by atoms with Gasteiger partial charge in [-0.2, -0.15) is 4.98 Å². The van der Waals surface area contributed by atoms with E-state index in [0.29, 0.717) is 11.8 Å². The summed E-state index contributed by atoms with van der Waals surface area (Å²) in [7, 11) is 0. The Labute approximate surface area is 121 Å². The lowest BCUT2D eigenvalue weighted by Gasteiger charge is -2.10. The van der Waals surface area contributed by atoms with Crippen LogP contribution < -0.4 is 10.1 Å². The molecule has 0 spiro atoms. The van der Waals surface area contributed by atoms with E-state index in [1.807, 2.05) is 39.0 Å². The minimum atomic E-state index is 0.0934. The minimum Gasteiger partial charge on any atom is -0.475 e. The maximum absolute atomic E-state index is 5.54. The number of nitrogens with zero attached hydrogens (tertiary/aromatic N) is 2. The van der Waals surface area contributed by atoms with Crippen molar-refractivity contribution >= 4 is 27.6 Å². The molecule has 1 N–H and O–H groups in total. The van der Waals surface area contributed by atoms with Crippen LogP contribution >= 0.6 is 15.9 Å². The molecule has 0 aliphatic carbocycles. The van der Waals surface area contributed by atoms with Crippen molar-refractivity contribution in [1.29, 1.82) is 0 Å². The van der Waals surface area contributed by atoms with E-state index in [2.05, 4.69) is 31.2 Å². The van der Waals surface area contributed by atoms with Crippen molar-refractivity contribution in [1.82, 2.24) is 9.97 Å². The number of rotatable bonds is 4. The highest BCUT2D eigenvalue weighted by Gasteiger charge is 2.03. The molecule has 0 unspecified atom stereocenters. The number of benzene rings is 1. The first-order valence-corrected chi connectivity index (χ1v) is 6.86. The maximum atomic E-state index is 5.54. The van der Waals surface area contributed by atoms with Gasteiger partial charge in [-0.05, 0) is 44.5 Å². The van der Waals surface area contributed by atoms with Crippen LogP contribution in [0.15, 0.2) is 34.9 Å². The van der Waals surface area contributed by atoms with Crippen LogP contribution in [0.5, 0.6) is 5.88 Å². The molecule has 2 aromatic rings. The molecule has 19 heavy (non-hydrogen) atoms. The Kier molecular flexibility index (Phi) is 4.37. The van der Waals surface area contributed by atoms with Crippen LogP contribution in [-0.2, 0) is 0 Å². The molecule has 0 aliphatic heterocycles. The molecule has 0 radical (unpaired) electrons. The second kappa shape index (κ2) is 6.02. The van der Waals surface area contributed by atoms with Crippen molar-refractivity contribution in [2.24, 2.45) is 0 Å². The van der Waals surface area contributed by atoms with Gasteiger partial charge in [-0.25, -0.2) is 4.98 Å². The number of hydrogen-bond donors (Lipinski definition) is 1. The molecule has 4 nitrogen and oxygen atoms in total. The normalized spacial score (nSPS) is 10.6. The number of ether oxygens (including phenoxy) is 1. The Hall–Kier alpha value is -1.62. The van der Waals surface area contributed by atoms with E-state index in [1.54, 1.807) is 12.3 Å². The highest BCUT2D eigenvalue weighted by Crippen LogP contribution is 2.22. The first kappa shape index (κ1) is 13.8. The zero-order valence-corrected chi connectivity index (χ0v) is 12.7. The van der Waals surface area contributed by atoms with E-state index >= 15 is 0 Å². The van der Waals surface area contributed by atoms with Gasteiger partial charge < -0.3 is 10.1 Å². The predicted octanol–water partition coefficient (Wildman–Crippen LogP) is 4.08. The average Bonchev–Trinajstić information content (AvgIpc) is 2.26. The smallest absolute Gasteiger partial charge is 0.230 e. The Balaban J connectivity index is 2.18.